The second kappa shape index (κ2) is 8.56. The van der Waals surface area contributed by atoms with Gasteiger partial charge in [-0.05, 0) is 69.8 Å². The second-order valence-corrected chi connectivity index (χ2v) is 13.6. The molecule has 0 bridgehead atoms. The van der Waals surface area contributed by atoms with E-state index in [4.69, 9.17) is 0 Å². The Morgan fingerprint density at radius 2 is 1.23 bits per heavy atom. The van der Waals surface area contributed by atoms with Gasteiger partial charge in [-0.15, -0.1) is 0 Å². The maximum absolute atomic E-state index is 2.50. The third-order valence-corrected chi connectivity index (χ3v) is 11.0. The molecule has 1 aliphatic carbocycles. The third-order valence-electron chi connectivity index (χ3n) is 9.92. The number of aromatic nitrogens is 2. The maximum atomic E-state index is 2.50. The van der Waals surface area contributed by atoms with Crippen LogP contribution in [0.25, 0.3) is 66.5 Å². The van der Waals surface area contributed by atoms with E-state index in [-0.39, 0.29) is 5.41 Å². The van der Waals surface area contributed by atoms with E-state index in [2.05, 4.69) is 156 Å². The van der Waals surface area contributed by atoms with Gasteiger partial charge in [0, 0.05) is 37.1 Å². The van der Waals surface area contributed by atoms with Gasteiger partial charge in [-0.1, -0.05) is 123 Å². The summed E-state index contributed by atoms with van der Waals surface area (Å²) in [5, 5.41) is 3.92. The molecule has 2 aromatic heterocycles. The number of hydrogen-bond donors (Lipinski definition) is 0. The molecular formula is C41H28N2S. The number of benzene rings is 6. The van der Waals surface area contributed by atoms with Gasteiger partial charge in [0.25, 0.3) is 0 Å². The first-order chi connectivity index (χ1) is 21.6. The van der Waals surface area contributed by atoms with Crippen molar-refractivity contribution in [1.82, 2.24) is 9.13 Å². The van der Waals surface area contributed by atoms with Crippen LogP contribution in [0.15, 0.2) is 143 Å². The van der Waals surface area contributed by atoms with Gasteiger partial charge in [0.2, 0.25) is 0 Å². The molecule has 0 saturated carbocycles. The van der Waals surface area contributed by atoms with E-state index in [0.29, 0.717) is 0 Å². The largest absolute Gasteiger partial charge is 0.295 e. The molecule has 2 aliphatic rings. The van der Waals surface area contributed by atoms with Crippen LogP contribution in [0.1, 0.15) is 25.0 Å². The van der Waals surface area contributed by atoms with E-state index in [9.17, 15) is 0 Å². The highest BCUT2D eigenvalue weighted by atomic mass is 32.2. The Kier molecular flexibility index (Phi) is 4.75. The summed E-state index contributed by atoms with van der Waals surface area (Å²) in [6.45, 7) is 4.70. The second-order valence-electron chi connectivity index (χ2n) is 12.6. The normalized spacial score (nSPS) is 14.2. The van der Waals surface area contributed by atoms with Crippen molar-refractivity contribution >= 4 is 44.6 Å². The van der Waals surface area contributed by atoms with Gasteiger partial charge in [-0.25, -0.2) is 0 Å². The number of rotatable bonds is 2. The molecule has 0 radical (unpaired) electrons. The number of nitrogens with zero attached hydrogens (tertiary/aromatic N) is 2. The lowest BCUT2D eigenvalue weighted by molar-refractivity contribution is 0.660. The summed E-state index contributed by atoms with van der Waals surface area (Å²) in [7, 11) is 0. The lowest BCUT2D eigenvalue weighted by Gasteiger charge is -2.21. The van der Waals surface area contributed by atoms with Crippen molar-refractivity contribution in [3.05, 3.63) is 145 Å². The van der Waals surface area contributed by atoms with Gasteiger partial charge < -0.3 is 0 Å². The van der Waals surface area contributed by atoms with Crippen LogP contribution >= 0.6 is 11.8 Å². The van der Waals surface area contributed by atoms with Crippen LogP contribution in [-0.2, 0) is 5.41 Å². The molecule has 0 fully saturated rings. The van der Waals surface area contributed by atoms with Crippen molar-refractivity contribution in [2.75, 3.05) is 0 Å². The van der Waals surface area contributed by atoms with Crippen LogP contribution in [0, 0.1) is 0 Å². The Bertz CT molecular complexity index is 2490. The van der Waals surface area contributed by atoms with Crippen molar-refractivity contribution in [3.8, 4) is 33.6 Å². The van der Waals surface area contributed by atoms with Gasteiger partial charge in [0.15, 0.2) is 0 Å². The molecule has 6 aromatic carbocycles. The van der Waals surface area contributed by atoms with E-state index in [0.717, 1.165) is 0 Å². The van der Waals surface area contributed by atoms with E-state index in [1.54, 1.807) is 0 Å². The lowest BCUT2D eigenvalue weighted by atomic mass is 9.82. The Morgan fingerprint density at radius 1 is 0.545 bits per heavy atom. The quantitative estimate of drug-likeness (QED) is 0.198. The summed E-state index contributed by atoms with van der Waals surface area (Å²) in [5.74, 6) is 0. The topological polar surface area (TPSA) is 9.86 Å². The summed E-state index contributed by atoms with van der Waals surface area (Å²) >= 11 is 1.87. The van der Waals surface area contributed by atoms with Crippen molar-refractivity contribution in [3.63, 3.8) is 0 Å². The van der Waals surface area contributed by atoms with Crippen molar-refractivity contribution < 1.29 is 0 Å². The van der Waals surface area contributed by atoms with Gasteiger partial charge in [-0.2, -0.15) is 0 Å². The number of hydrogen-bond acceptors (Lipinski definition) is 1. The average molecular weight is 581 g/mol. The summed E-state index contributed by atoms with van der Waals surface area (Å²) in [5.41, 5.74) is 14.3. The molecule has 0 saturated heterocycles. The van der Waals surface area contributed by atoms with Crippen molar-refractivity contribution in [1.29, 1.82) is 0 Å². The van der Waals surface area contributed by atoms with Gasteiger partial charge >= 0.3 is 0 Å². The first kappa shape index (κ1) is 24.5. The maximum Gasteiger partial charge on any atom is 0.131 e. The number of para-hydroxylation sites is 3. The molecule has 3 heterocycles. The van der Waals surface area contributed by atoms with Crippen LogP contribution in [-0.4, -0.2) is 9.13 Å². The van der Waals surface area contributed by atoms with Gasteiger partial charge in [0.05, 0.1) is 16.7 Å². The molecule has 0 N–H and O–H groups in total. The molecule has 208 valence electrons. The molecule has 1 aliphatic heterocycles. The Hall–Kier alpha value is -4.99. The van der Waals surface area contributed by atoms with Gasteiger partial charge in [-0.3, -0.25) is 9.13 Å². The van der Waals surface area contributed by atoms with E-state index < -0.39 is 0 Å². The van der Waals surface area contributed by atoms with E-state index in [1.165, 1.54) is 87.4 Å². The molecular weight excluding hydrogens is 553 g/mol. The predicted molar refractivity (Wildman–Crippen MR) is 185 cm³/mol. The summed E-state index contributed by atoms with van der Waals surface area (Å²) in [6, 6.07) is 49.4. The summed E-state index contributed by atoms with van der Waals surface area (Å²) < 4.78 is 4.97. The first-order valence-corrected chi connectivity index (χ1v) is 16.1. The molecule has 2 nitrogen and oxygen atoms in total. The minimum atomic E-state index is -0.0105. The van der Waals surface area contributed by atoms with Crippen LogP contribution in [0.5, 0.6) is 0 Å². The van der Waals surface area contributed by atoms with Gasteiger partial charge in [0.1, 0.15) is 5.65 Å². The molecule has 0 atom stereocenters. The fraction of sp³-hybridized carbons (Fsp3) is 0.0732. The molecule has 8 aromatic rings. The zero-order valence-corrected chi connectivity index (χ0v) is 25.3. The molecule has 0 amide bonds. The van der Waals surface area contributed by atoms with Crippen LogP contribution in [0.4, 0.5) is 0 Å². The van der Waals surface area contributed by atoms with E-state index in [1.807, 2.05) is 11.8 Å². The predicted octanol–water partition coefficient (Wildman–Crippen LogP) is 11.2. The minimum Gasteiger partial charge on any atom is -0.295 e. The van der Waals surface area contributed by atoms with E-state index >= 15 is 0 Å². The lowest BCUT2D eigenvalue weighted by Crippen LogP contribution is -2.14. The Balaban J connectivity index is 1.23. The van der Waals surface area contributed by atoms with Crippen LogP contribution in [0.2, 0.25) is 0 Å². The zero-order chi connectivity index (χ0) is 29.2. The molecule has 10 rings (SSSR count). The molecule has 3 heteroatoms. The third kappa shape index (κ3) is 3.02. The standard InChI is InChI=1S/C41H28N2S/c1-41(2)31-15-5-3-11-28(31)37-27(13-9-16-32(37)41)25-21-23-26(24-22-25)42-33-17-6-4-12-29(33)38-30-14-10-20-36-39(30)43(40(38)42)34-18-7-8-19-35(34)44-36/h3-24H,1-2H3. The average Bonchev–Trinajstić information content (AvgIpc) is 3.66. The minimum absolute atomic E-state index is 0.0105. The van der Waals surface area contributed by atoms with Crippen molar-refractivity contribution in [2.45, 2.75) is 29.1 Å². The highest BCUT2D eigenvalue weighted by molar-refractivity contribution is 7.99. The highest BCUT2D eigenvalue weighted by Gasteiger charge is 2.36. The fourth-order valence-corrected chi connectivity index (χ4v) is 9.07. The highest BCUT2D eigenvalue weighted by Crippen LogP contribution is 2.52. The molecule has 0 spiro atoms. The van der Waals surface area contributed by atoms with Crippen molar-refractivity contribution in [2.24, 2.45) is 0 Å². The Labute approximate surface area is 260 Å². The molecule has 0 unspecified atom stereocenters. The zero-order valence-electron chi connectivity index (χ0n) is 24.5. The smallest absolute Gasteiger partial charge is 0.131 e. The molecule has 44 heavy (non-hydrogen) atoms. The fourth-order valence-electron chi connectivity index (χ4n) is 7.97. The SMILES string of the molecule is CC1(C)c2ccccc2-c2c(-c3ccc(-n4c5ccccc5c5c6cccc7c6n(c54)-c4ccccc4S7)cc3)cccc21. The monoisotopic (exact) mass is 580 g/mol. The summed E-state index contributed by atoms with van der Waals surface area (Å²) in [4.78, 5) is 2.60. The number of fused-ring (bicyclic) bond motifs is 10. The summed E-state index contributed by atoms with van der Waals surface area (Å²) in [6.07, 6.45) is 0. The first-order valence-electron chi connectivity index (χ1n) is 15.3. The van der Waals surface area contributed by atoms with Crippen LogP contribution < -0.4 is 0 Å². The Morgan fingerprint density at radius 3 is 2.14 bits per heavy atom. The van der Waals surface area contributed by atoms with Crippen LogP contribution in [0.3, 0.4) is 0 Å².